The van der Waals surface area contributed by atoms with Gasteiger partial charge in [-0.15, -0.1) is 0 Å². The zero-order valence-corrected chi connectivity index (χ0v) is 10.9. The van der Waals surface area contributed by atoms with Crippen LogP contribution in [0.1, 0.15) is 57.9 Å². The summed E-state index contributed by atoms with van der Waals surface area (Å²) in [4.78, 5) is 0. The Labute approximate surface area is 101 Å². The molecular formula is C15H26N+. The van der Waals surface area contributed by atoms with E-state index in [1.165, 1.54) is 57.1 Å². The van der Waals surface area contributed by atoms with Gasteiger partial charge in [-0.25, -0.2) is 4.57 Å². The van der Waals surface area contributed by atoms with Crippen LogP contribution in [-0.4, -0.2) is 0 Å². The second-order valence-electron chi connectivity index (χ2n) is 4.61. The molecule has 0 fully saturated rings. The summed E-state index contributed by atoms with van der Waals surface area (Å²) in [6.07, 6.45) is 13.6. The second-order valence-corrected chi connectivity index (χ2v) is 4.61. The number of aryl methyl sites for hydroxylation is 2. The summed E-state index contributed by atoms with van der Waals surface area (Å²) in [7, 11) is 0. The van der Waals surface area contributed by atoms with E-state index in [1.54, 1.807) is 0 Å². The lowest BCUT2D eigenvalue weighted by Crippen LogP contribution is -2.32. The molecular weight excluding hydrogens is 194 g/mol. The molecule has 1 rings (SSSR count). The first-order chi connectivity index (χ1) is 7.86. The first-order valence-electron chi connectivity index (χ1n) is 6.84. The highest BCUT2D eigenvalue weighted by molar-refractivity contribution is 5.06. The average molecular weight is 220 g/mol. The molecule has 0 amide bonds. The van der Waals surface area contributed by atoms with Crippen molar-refractivity contribution in [3.8, 4) is 0 Å². The minimum atomic E-state index is 1.17. The zero-order valence-electron chi connectivity index (χ0n) is 10.9. The van der Waals surface area contributed by atoms with Crippen LogP contribution in [0.25, 0.3) is 0 Å². The Balaban J connectivity index is 2.27. The second kappa shape index (κ2) is 8.32. The van der Waals surface area contributed by atoms with Gasteiger partial charge in [0, 0.05) is 18.6 Å². The third-order valence-corrected chi connectivity index (χ3v) is 3.05. The number of nitrogens with zero attached hydrogens (tertiary/aromatic N) is 1. The molecule has 0 aromatic carbocycles. The molecule has 0 aliphatic heterocycles. The quantitative estimate of drug-likeness (QED) is 0.462. The molecule has 0 saturated carbocycles. The Morgan fingerprint density at radius 1 is 0.875 bits per heavy atom. The van der Waals surface area contributed by atoms with Crippen LogP contribution >= 0.6 is 0 Å². The van der Waals surface area contributed by atoms with E-state index in [0.717, 1.165) is 0 Å². The number of hydrogen-bond acceptors (Lipinski definition) is 0. The fourth-order valence-electron chi connectivity index (χ4n) is 1.91. The number of unbranched alkanes of at least 4 members (excludes halogenated alkanes) is 4. The van der Waals surface area contributed by atoms with Crippen molar-refractivity contribution in [2.45, 2.75) is 65.3 Å². The number of pyridine rings is 1. The van der Waals surface area contributed by atoms with Gasteiger partial charge < -0.3 is 0 Å². The molecule has 0 atom stereocenters. The molecule has 1 aromatic heterocycles. The van der Waals surface area contributed by atoms with Gasteiger partial charge in [0.2, 0.25) is 0 Å². The number of aromatic nitrogens is 1. The molecule has 1 nitrogen and oxygen atoms in total. The van der Waals surface area contributed by atoms with E-state index in [4.69, 9.17) is 0 Å². The van der Waals surface area contributed by atoms with Crippen LogP contribution in [0.3, 0.4) is 0 Å². The molecule has 1 heterocycles. The highest BCUT2D eigenvalue weighted by Gasteiger charge is 2.00. The summed E-state index contributed by atoms with van der Waals surface area (Å²) in [5.41, 5.74) is 1.48. The smallest absolute Gasteiger partial charge is 0.169 e. The first kappa shape index (κ1) is 13.2. The summed E-state index contributed by atoms with van der Waals surface area (Å²) in [5.74, 6) is 0. The fraction of sp³-hybridized carbons (Fsp3) is 0.667. The molecule has 0 bridgehead atoms. The standard InChI is InChI=1S/C15H26N/c1-3-5-7-8-12-16-13-10-15(11-14-16)9-6-4-2/h10-11,13-14H,3-9,12H2,1-2H3/q+1. The monoisotopic (exact) mass is 220 g/mol. The predicted molar refractivity (Wildman–Crippen MR) is 69.4 cm³/mol. The molecule has 1 aromatic rings. The normalized spacial score (nSPS) is 10.6. The van der Waals surface area contributed by atoms with E-state index in [0.29, 0.717) is 0 Å². The molecule has 1 heteroatoms. The predicted octanol–water partition coefficient (Wildman–Crippen LogP) is 3.90. The lowest BCUT2D eigenvalue weighted by molar-refractivity contribution is -0.697. The van der Waals surface area contributed by atoms with Gasteiger partial charge >= 0.3 is 0 Å². The van der Waals surface area contributed by atoms with E-state index in [-0.39, 0.29) is 0 Å². The Hall–Kier alpha value is -0.850. The molecule has 0 saturated heterocycles. The zero-order chi connectivity index (χ0) is 11.6. The SMILES string of the molecule is CCCCCC[n+]1ccc(CCCC)cc1. The van der Waals surface area contributed by atoms with Crippen LogP contribution in [0.5, 0.6) is 0 Å². The third kappa shape index (κ3) is 5.29. The van der Waals surface area contributed by atoms with Crippen LogP contribution in [0.2, 0.25) is 0 Å². The van der Waals surface area contributed by atoms with Crippen LogP contribution in [0, 0.1) is 0 Å². The minimum absolute atomic E-state index is 1.17. The number of hydrogen-bond donors (Lipinski definition) is 0. The molecule has 0 aliphatic rings. The molecule has 90 valence electrons. The van der Waals surface area contributed by atoms with Gasteiger partial charge in [-0.05, 0) is 24.8 Å². The van der Waals surface area contributed by atoms with E-state index >= 15 is 0 Å². The average Bonchev–Trinajstić information content (AvgIpc) is 2.33. The molecule has 0 aliphatic carbocycles. The summed E-state index contributed by atoms with van der Waals surface area (Å²) < 4.78 is 2.31. The highest BCUT2D eigenvalue weighted by atomic mass is 14.9. The van der Waals surface area contributed by atoms with Crippen LogP contribution in [0.15, 0.2) is 24.5 Å². The highest BCUT2D eigenvalue weighted by Crippen LogP contribution is 2.03. The maximum Gasteiger partial charge on any atom is 0.169 e. The molecule has 0 spiro atoms. The third-order valence-electron chi connectivity index (χ3n) is 3.05. The summed E-state index contributed by atoms with van der Waals surface area (Å²) >= 11 is 0. The van der Waals surface area contributed by atoms with Crippen molar-refractivity contribution in [2.75, 3.05) is 0 Å². The fourth-order valence-corrected chi connectivity index (χ4v) is 1.91. The Morgan fingerprint density at radius 3 is 2.19 bits per heavy atom. The van der Waals surface area contributed by atoms with Gasteiger partial charge in [-0.2, -0.15) is 0 Å². The van der Waals surface area contributed by atoms with E-state index < -0.39 is 0 Å². The van der Waals surface area contributed by atoms with E-state index in [1.807, 2.05) is 0 Å². The Kier molecular flexibility index (Phi) is 6.87. The van der Waals surface area contributed by atoms with Crippen molar-refractivity contribution in [2.24, 2.45) is 0 Å². The minimum Gasteiger partial charge on any atom is -0.205 e. The maximum absolute atomic E-state index is 2.31. The lowest BCUT2D eigenvalue weighted by Gasteiger charge is -2.00. The van der Waals surface area contributed by atoms with Gasteiger partial charge in [-0.1, -0.05) is 33.1 Å². The molecule has 0 unspecified atom stereocenters. The Bertz CT molecular complexity index is 263. The molecule has 16 heavy (non-hydrogen) atoms. The molecule has 0 N–H and O–H groups in total. The largest absolute Gasteiger partial charge is 0.205 e. The summed E-state index contributed by atoms with van der Waals surface area (Å²) in [5, 5.41) is 0. The van der Waals surface area contributed by atoms with Crippen molar-refractivity contribution in [3.63, 3.8) is 0 Å². The van der Waals surface area contributed by atoms with Crippen molar-refractivity contribution in [1.82, 2.24) is 0 Å². The first-order valence-corrected chi connectivity index (χ1v) is 6.84. The summed E-state index contributed by atoms with van der Waals surface area (Å²) in [6, 6.07) is 4.55. The van der Waals surface area contributed by atoms with E-state index in [9.17, 15) is 0 Å². The lowest BCUT2D eigenvalue weighted by atomic mass is 10.1. The van der Waals surface area contributed by atoms with E-state index in [2.05, 4.69) is 42.9 Å². The van der Waals surface area contributed by atoms with Gasteiger partial charge in [0.05, 0.1) is 0 Å². The maximum atomic E-state index is 2.31. The van der Waals surface area contributed by atoms with Gasteiger partial charge in [-0.3, -0.25) is 0 Å². The van der Waals surface area contributed by atoms with Crippen molar-refractivity contribution >= 4 is 0 Å². The number of rotatable bonds is 8. The Morgan fingerprint density at radius 2 is 1.56 bits per heavy atom. The van der Waals surface area contributed by atoms with Crippen molar-refractivity contribution < 1.29 is 4.57 Å². The van der Waals surface area contributed by atoms with Crippen LogP contribution < -0.4 is 4.57 Å². The van der Waals surface area contributed by atoms with Crippen molar-refractivity contribution in [1.29, 1.82) is 0 Å². The van der Waals surface area contributed by atoms with Gasteiger partial charge in [0.25, 0.3) is 0 Å². The summed E-state index contributed by atoms with van der Waals surface area (Å²) in [6.45, 7) is 5.68. The topological polar surface area (TPSA) is 3.88 Å². The van der Waals surface area contributed by atoms with Gasteiger partial charge in [0.1, 0.15) is 6.54 Å². The van der Waals surface area contributed by atoms with Crippen molar-refractivity contribution in [3.05, 3.63) is 30.1 Å². The van der Waals surface area contributed by atoms with Crippen LogP contribution in [-0.2, 0) is 13.0 Å². The van der Waals surface area contributed by atoms with Gasteiger partial charge in [0.15, 0.2) is 12.4 Å². The molecule has 0 radical (unpaired) electrons. The van der Waals surface area contributed by atoms with Crippen LogP contribution in [0.4, 0.5) is 0 Å².